The minimum atomic E-state index is -0.0800. The third kappa shape index (κ3) is 5.26. The van der Waals surface area contributed by atoms with Gasteiger partial charge in [0, 0.05) is 37.2 Å². The summed E-state index contributed by atoms with van der Waals surface area (Å²) < 4.78 is 0. The van der Waals surface area contributed by atoms with Gasteiger partial charge in [0.2, 0.25) is 0 Å². The highest BCUT2D eigenvalue weighted by atomic mass is 35.5. The predicted octanol–water partition coefficient (Wildman–Crippen LogP) is 4.50. The minimum absolute atomic E-state index is 0.0800. The lowest BCUT2D eigenvalue weighted by Gasteiger charge is -2.39. The van der Waals surface area contributed by atoms with E-state index < -0.39 is 0 Å². The van der Waals surface area contributed by atoms with Crippen LogP contribution in [-0.2, 0) is 0 Å². The zero-order valence-corrected chi connectivity index (χ0v) is 19.2. The van der Waals surface area contributed by atoms with Crippen molar-refractivity contribution in [3.8, 4) is 0 Å². The Labute approximate surface area is 194 Å². The Bertz CT molecular complexity index is 1050. The molecule has 0 radical (unpaired) electrons. The molecule has 1 aromatic heterocycles. The van der Waals surface area contributed by atoms with Gasteiger partial charge in [0.05, 0.1) is 18.4 Å². The lowest BCUT2D eigenvalue weighted by Crippen LogP contribution is -2.50. The van der Waals surface area contributed by atoms with Crippen molar-refractivity contribution < 1.29 is 4.79 Å². The van der Waals surface area contributed by atoms with Crippen LogP contribution in [0.2, 0.25) is 5.02 Å². The zero-order valence-electron chi connectivity index (χ0n) is 18.4. The number of amides is 1. The molecular formula is C25H28ClN5O. The Balaban J connectivity index is 1.49. The van der Waals surface area contributed by atoms with Crippen LogP contribution >= 0.6 is 11.6 Å². The molecule has 3 aromatic rings. The van der Waals surface area contributed by atoms with Gasteiger partial charge in [0.25, 0.3) is 5.91 Å². The van der Waals surface area contributed by atoms with E-state index in [2.05, 4.69) is 50.5 Å². The number of aromatic nitrogens is 2. The maximum atomic E-state index is 13.1. The molecule has 6 nitrogen and oxygen atoms in total. The van der Waals surface area contributed by atoms with Gasteiger partial charge in [0.1, 0.15) is 11.5 Å². The summed E-state index contributed by atoms with van der Waals surface area (Å²) in [6, 6.07) is 18.8. The first-order valence-electron chi connectivity index (χ1n) is 10.9. The Hall–Kier alpha value is -2.96. The number of anilines is 1. The molecule has 166 valence electrons. The summed E-state index contributed by atoms with van der Waals surface area (Å²) in [6.07, 6.45) is 3.18. The molecular weight excluding hydrogens is 422 g/mol. The molecule has 1 saturated heterocycles. The molecule has 1 fully saturated rings. The second-order valence-electron chi connectivity index (χ2n) is 8.28. The lowest BCUT2D eigenvalue weighted by atomic mass is 9.96. The van der Waals surface area contributed by atoms with E-state index in [0.717, 1.165) is 23.7 Å². The fourth-order valence-corrected chi connectivity index (χ4v) is 4.30. The van der Waals surface area contributed by atoms with Gasteiger partial charge < -0.3 is 10.2 Å². The summed E-state index contributed by atoms with van der Waals surface area (Å²) in [7, 11) is 0. The van der Waals surface area contributed by atoms with E-state index in [1.165, 1.54) is 5.56 Å². The number of hydrogen-bond acceptors (Lipinski definition) is 5. The SMILES string of the molecule is CC(C)Nc1cncc(C(=O)N2CCN(C(c3ccccc3)c3cccc(Cl)c3)CC2)n1. The molecule has 1 aliphatic heterocycles. The normalized spacial score (nSPS) is 15.6. The van der Waals surface area contributed by atoms with Gasteiger partial charge in [-0.15, -0.1) is 0 Å². The van der Waals surface area contributed by atoms with Crippen LogP contribution in [0.5, 0.6) is 0 Å². The average Bonchev–Trinajstić information content (AvgIpc) is 2.80. The second kappa shape index (κ2) is 10.1. The maximum Gasteiger partial charge on any atom is 0.274 e. The number of nitrogens with zero attached hydrogens (tertiary/aromatic N) is 4. The minimum Gasteiger partial charge on any atom is -0.367 e. The third-order valence-corrected chi connectivity index (χ3v) is 5.77. The van der Waals surface area contributed by atoms with Crippen LogP contribution in [0.3, 0.4) is 0 Å². The van der Waals surface area contributed by atoms with Crippen molar-refractivity contribution in [3.63, 3.8) is 0 Å². The van der Waals surface area contributed by atoms with Gasteiger partial charge in [-0.3, -0.25) is 14.7 Å². The molecule has 0 saturated carbocycles. The maximum absolute atomic E-state index is 13.1. The Morgan fingerprint density at radius 2 is 1.69 bits per heavy atom. The molecule has 1 atom stereocenters. The number of benzene rings is 2. The fourth-order valence-electron chi connectivity index (χ4n) is 4.11. The number of rotatable bonds is 6. The third-order valence-electron chi connectivity index (χ3n) is 5.54. The molecule has 0 aliphatic carbocycles. The van der Waals surface area contributed by atoms with Crippen LogP contribution in [-0.4, -0.2) is 57.9 Å². The number of nitrogens with one attached hydrogen (secondary N) is 1. The van der Waals surface area contributed by atoms with Crippen molar-refractivity contribution in [2.75, 3.05) is 31.5 Å². The molecule has 2 aromatic carbocycles. The summed E-state index contributed by atoms with van der Waals surface area (Å²) in [5.41, 5.74) is 2.74. The molecule has 32 heavy (non-hydrogen) atoms. The highest BCUT2D eigenvalue weighted by Gasteiger charge is 2.29. The highest BCUT2D eigenvalue weighted by Crippen LogP contribution is 2.31. The first kappa shape index (κ1) is 22.2. The summed E-state index contributed by atoms with van der Waals surface area (Å²) in [5.74, 6) is 0.540. The van der Waals surface area contributed by atoms with Gasteiger partial charge in [-0.1, -0.05) is 54.1 Å². The molecule has 1 aliphatic rings. The molecule has 7 heteroatoms. The topological polar surface area (TPSA) is 61.4 Å². The number of piperazine rings is 1. The van der Waals surface area contributed by atoms with Gasteiger partial charge in [-0.2, -0.15) is 0 Å². The second-order valence-corrected chi connectivity index (χ2v) is 8.72. The van der Waals surface area contributed by atoms with Crippen LogP contribution < -0.4 is 5.32 Å². The standard InChI is InChI=1S/C25H28ClN5O/c1-18(2)28-23-17-27-16-22(29-23)25(32)31-13-11-30(12-14-31)24(19-7-4-3-5-8-19)20-9-6-10-21(26)15-20/h3-10,15-18,24H,11-14H2,1-2H3,(H,28,29). The monoisotopic (exact) mass is 449 g/mol. The van der Waals surface area contributed by atoms with E-state index in [1.807, 2.05) is 43.0 Å². The molecule has 4 rings (SSSR count). The largest absolute Gasteiger partial charge is 0.367 e. The van der Waals surface area contributed by atoms with Crippen molar-refractivity contribution in [1.29, 1.82) is 0 Å². The molecule has 0 bridgehead atoms. The molecule has 1 amide bonds. The summed E-state index contributed by atoms with van der Waals surface area (Å²) in [6.45, 7) is 6.83. The molecule has 1 unspecified atom stereocenters. The van der Waals surface area contributed by atoms with E-state index in [4.69, 9.17) is 11.6 Å². The van der Waals surface area contributed by atoms with Crippen LogP contribution in [0.15, 0.2) is 67.0 Å². The fraction of sp³-hybridized carbons (Fsp3) is 0.320. The van der Waals surface area contributed by atoms with Crippen molar-refractivity contribution in [2.45, 2.75) is 25.9 Å². The quantitative estimate of drug-likeness (QED) is 0.600. The number of carbonyl (C=O) groups excluding carboxylic acids is 1. The van der Waals surface area contributed by atoms with Crippen molar-refractivity contribution in [1.82, 2.24) is 19.8 Å². The van der Waals surface area contributed by atoms with Gasteiger partial charge in [-0.05, 0) is 37.1 Å². The highest BCUT2D eigenvalue weighted by molar-refractivity contribution is 6.30. The average molecular weight is 450 g/mol. The number of hydrogen-bond donors (Lipinski definition) is 1. The van der Waals surface area contributed by atoms with Gasteiger partial charge in [-0.25, -0.2) is 4.98 Å². The van der Waals surface area contributed by atoms with E-state index in [1.54, 1.807) is 12.4 Å². The summed E-state index contributed by atoms with van der Waals surface area (Å²) in [4.78, 5) is 26.0. The molecule has 2 heterocycles. The summed E-state index contributed by atoms with van der Waals surface area (Å²) in [5, 5.41) is 3.93. The van der Waals surface area contributed by atoms with Gasteiger partial charge in [0.15, 0.2) is 0 Å². The van der Waals surface area contributed by atoms with Crippen LogP contribution in [0.4, 0.5) is 5.82 Å². The lowest BCUT2D eigenvalue weighted by molar-refractivity contribution is 0.0591. The number of carbonyl (C=O) groups is 1. The first-order chi connectivity index (χ1) is 15.5. The Kier molecular flexibility index (Phi) is 7.02. The van der Waals surface area contributed by atoms with Gasteiger partial charge >= 0.3 is 0 Å². The Morgan fingerprint density at radius 1 is 0.969 bits per heavy atom. The number of halogens is 1. The predicted molar refractivity (Wildman–Crippen MR) is 128 cm³/mol. The molecule has 0 spiro atoms. The van der Waals surface area contributed by atoms with Crippen LogP contribution in [0.1, 0.15) is 41.5 Å². The summed E-state index contributed by atoms with van der Waals surface area (Å²) >= 11 is 6.30. The van der Waals surface area contributed by atoms with Crippen molar-refractivity contribution in [2.24, 2.45) is 0 Å². The first-order valence-corrected chi connectivity index (χ1v) is 11.3. The smallest absolute Gasteiger partial charge is 0.274 e. The Morgan fingerprint density at radius 3 is 2.38 bits per heavy atom. The molecule has 1 N–H and O–H groups in total. The van der Waals surface area contributed by atoms with Crippen LogP contribution in [0.25, 0.3) is 0 Å². The van der Waals surface area contributed by atoms with Crippen molar-refractivity contribution in [3.05, 3.63) is 88.8 Å². The van der Waals surface area contributed by atoms with E-state index in [9.17, 15) is 4.79 Å². The van der Waals surface area contributed by atoms with E-state index in [0.29, 0.717) is 24.6 Å². The zero-order chi connectivity index (χ0) is 22.5. The van der Waals surface area contributed by atoms with E-state index >= 15 is 0 Å². The van der Waals surface area contributed by atoms with Crippen LogP contribution in [0, 0.1) is 0 Å². The van der Waals surface area contributed by atoms with E-state index in [-0.39, 0.29) is 18.0 Å². The van der Waals surface area contributed by atoms with Crippen molar-refractivity contribution >= 4 is 23.3 Å².